The Labute approximate surface area is 94.3 Å². The first-order valence-corrected chi connectivity index (χ1v) is 5.01. The van der Waals surface area contributed by atoms with Gasteiger partial charge in [0.2, 0.25) is 11.8 Å². The number of ether oxygens (including phenoxy) is 2. The minimum Gasteiger partial charge on any atom is -0.468 e. The number of amides is 1. The Morgan fingerprint density at radius 2 is 1.62 bits per heavy atom. The van der Waals surface area contributed by atoms with Gasteiger partial charge in [0.15, 0.2) is 0 Å². The van der Waals surface area contributed by atoms with Crippen molar-refractivity contribution >= 4 is 17.8 Å². The van der Waals surface area contributed by atoms with Crippen molar-refractivity contribution in [3.8, 4) is 0 Å². The van der Waals surface area contributed by atoms with Gasteiger partial charge in [0.25, 0.3) is 0 Å². The van der Waals surface area contributed by atoms with Crippen LogP contribution in [0.25, 0.3) is 0 Å². The highest BCUT2D eigenvalue weighted by molar-refractivity contribution is 6.14. The molecule has 0 saturated heterocycles. The molecule has 0 aliphatic rings. The molecule has 0 spiro atoms. The van der Waals surface area contributed by atoms with Crippen molar-refractivity contribution in [3.63, 3.8) is 0 Å². The summed E-state index contributed by atoms with van der Waals surface area (Å²) in [6.45, 7) is 2.38. The van der Waals surface area contributed by atoms with Crippen LogP contribution in [0.1, 0.15) is 19.8 Å². The third-order valence-corrected chi connectivity index (χ3v) is 1.97. The van der Waals surface area contributed by atoms with Crippen molar-refractivity contribution in [2.45, 2.75) is 19.8 Å². The number of methoxy groups -OCH3 is 2. The van der Waals surface area contributed by atoms with Crippen molar-refractivity contribution in [1.29, 1.82) is 0 Å². The van der Waals surface area contributed by atoms with Crippen LogP contribution in [0.4, 0.5) is 0 Å². The molecular formula is C10H17NO5. The molecular weight excluding hydrogens is 214 g/mol. The average molecular weight is 231 g/mol. The Morgan fingerprint density at radius 3 is 2.00 bits per heavy atom. The normalized spacial score (nSPS) is 9.75. The first-order valence-electron chi connectivity index (χ1n) is 5.01. The lowest BCUT2D eigenvalue weighted by atomic mass is 10.1. The van der Waals surface area contributed by atoms with E-state index in [1.54, 1.807) is 0 Å². The van der Waals surface area contributed by atoms with Crippen LogP contribution >= 0.6 is 0 Å². The fourth-order valence-electron chi connectivity index (χ4n) is 1.04. The Morgan fingerprint density at radius 1 is 1.12 bits per heavy atom. The highest BCUT2D eigenvalue weighted by atomic mass is 16.5. The Balaban J connectivity index is 4.45. The van der Waals surface area contributed by atoms with E-state index in [0.29, 0.717) is 6.54 Å². The standard InChI is InChI=1S/C10H17NO5/c1-4-5-6-11-8(12)7(9(13)15-2)10(14)16-3/h7H,4-6H2,1-3H3,(H,11,12). The molecule has 0 heterocycles. The minimum atomic E-state index is -1.54. The van der Waals surface area contributed by atoms with Gasteiger partial charge in [-0.15, -0.1) is 0 Å². The van der Waals surface area contributed by atoms with Crippen LogP contribution in [0.15, 0.2) is 0 Å². The lowest BCUT2D eigenvalue weighted by Crippen LogP contribution is -2.41. The maximum absolute atomic E-state index is 11.5. The maximum atomic E-state index is 11.5. The van der Waals surface area contributed by atoms with E-state index in [0.717, 1.165) is 27.1 Å². The van der Waals surface area contributed by atoms with E-state index in [4.69, 9.17) is 0 Å². The molecule has 0 rings (SSSR count). The maximum Gasteiger partial charge on any atom is 0.329 e. The first-order chi connectivity index (χ1) is 7.58. The van der Waals surface area contributed by atoms with Crippen molar-refractivity contribution in [1.82, 2.24) is 5.32 Å². The number of nitrogens with one attached hydrogen (secondary N) is 1. The zero-order chi connectivity index (χ0) is 12.6. The fourth-order valence-corrected chi connectivity index (χ4v) is 1.04. The van der Waals surface area contributed by atoms with E-state index in [1.807, 2.05) is 6.92 Å². The predicted octanol–water partition coefficient (Wildman–Crippen LogP) is -0.135. The highest BCUT2D eigenvalue weighted by Crippen LogP contribution is 2.03. The molecule has 1 amide bonds. The summed E-state index contributed by atoms with van der Waals surface area (Å²) in [5.74, 6) is -4.05. The summed E-state index contributed by atoms with van der Waals surface area (Å²) in [5.41, 5.74) is 0. The summed E-state index contributed by atoms with van der Waals surface area (Å²) in [6, 6.07) is 0. The van der Waals surface area contributed by atoms with E-state index in [1.165, 1.54) is 0 Å². The van der Waals surface area contributed by atoms with Crippen LogP contribution in [-0.4, -0.2) is 38.6 Å². The van der Waals surface area contributed by atoms with Crippen molar-refractivity contribution in [2.75, 3.05) is 20.8 Å². The molecule has 0 aliphatic heterocycles. The van der Waals surface area contributed by atoms with Gasteiger partial charge in [0, 0.05) is 6.54 Å². The number of carbonyl (C=O) groups excluding carboxylic acids is 3. The summed E-state index contributed by atoms with van der Waals surface area (Å²) in [7, 11) is 2.22. The second-order valence-corrected chi connectivity index (χ2v) is 3.12. The van der Waals surface area contributed by atoms with Gasteiger partial charge in [0.05, 0.1) is 14.2 Å². The van der Waals surface area contributed by atoms with Gasteiger partial charge in [-0.05, 0) is 6.42 Å². The smallest absolute Gasteiger partial charge is 0.329 e. The van der Waals surface area contributed by atoms with Crippen LogP contribution in [0, 0.1) is 5.92 Å². The SMILES string of the molecule is CCCCNC(=O)C(C(=O)OC)C(=O)OC. The molecule has 16 heavy (non-hydrogen) atoms. The van der Waals surface area contributed by atoms with Crippen LogP contribution in [0.2, 0.25) is 0 Å². The summed E-state index contributed by atoms with van der Waals surface area (Å²) < 4.78 is 8.72. The Hall–Kier alpha value is -1.59. The van der Waals surface area contributed by atoms with E-state index < -0.39 is 23.8 Å². The zero-order valence-electron chi connectivity index (χ0n) is 9.74. The fraction of sp³-hybridized carbons (Fsp3) is 0.700. The van der Waals surface area contributed by atoms with Gasteiger partial charge in [-0.3, -0.25) is 14.4 Å². The molecule has 6 nitrogen and oxygen atoms in total. The van der Waals surface area contributed by atoms with E-state index in [2.05, 4.69) is 14.8 Å². The molecule has 6 heteroatoms. The number of hydrogen-bond donors (Lipinski definition) is 1. The van der Waals surface area contributed by atoms with Gasteiger partial charge < -0.3 is 14.8 Å². The number of hydrogen-bond acceptors (Lipinski definition) is 5. The lowest BCUT2D eigenvalue weighted by Gasteiger charge is -2.12. The molecule has 92 valence electrons. The number of carbonyl (C=O) groups is 3. The lowest BCUT2D eigenvalue weighted by molar-refractivity contribution is -0.162. The molecule has 0 aromatic heterocycles. The molecule has 0 radical (unpaired) electrons. The van der Waals surface area contributed by atoms with Crippen molar-refractivity contribution in [3.05, 3.63) is 0 Å². The number of rotatable bonds is 6. The second kappa shape index (κ2) is 7.67. The monoisotopic (exact) mass is 231 g/mol. The molecule has 0 bridgehead atoms. The van der Waals surface area contributed by atoms with Crippen LogP contribution in [0.5, 0.6) is 0 Å². The van der Waals surface area contributed by atoms with Crippen LogP contribution in [-0.2, 0) is 23.9 Å². The van der Waals surface area contributed by atoms with E-state index in [-0.39, 0.29) is 0 Å². The second-order valence-electron chi connectivity index (χ2n) is 3.12. The van der Waals surface area contributed by atoms with Gasteiger partial charge in [-0.2, -0.15) is 0 Å². The Bertz CT molecular complexity index is 248. The summed E-state index contributed by atoms with van der Waals surface area (Å²) in [6.07, 6.45) is 1.68. The molecule has 0 fully saturated rings. The highest BCUT2D eigenvalue weighted by Gasteiger charge is 2.35. The number of unbranched alkanes of at least 4 members (excludes halogenated alkanes) is 1. The molecule has 0 unspecified atom stereocenters. The van der Waals surface area contributed by atoms with E-state index in [9.17, 15) is 14.4 Å². The van der Waals surface area contributed by atoms with Crippen molar-refractivity contribution in [2.24, 2.45) is 5.92 Å². The van der Waals surface area contributed by atoms with Crippen molar-refractivity contribution < 1.29 is 23.9 Å². The quantitative estimate of drug-likeness (QED) is 0.391. The molecule has 0 aromatic carbocycles. The number of esters is 2. The largest absolute Gasteiger partial charge is 0.468 e. The first kappa shape index (κ1) is 14.4. The molecule has 1 N–H and O–H groups in total. The summed E-state index contributed by atoms with van der Waals surface area (Å²) in [4.78, 5) is 33.9. The summed E-state index contributed by atoms with van der Waals surface area (Å²) >= 11 is 0. The molecule has 0 saturated carbocycles. The summed E-state index contributed by atoms with van der Waals surface area (Å²) in [5, 5.41) is 2.47. The van der Waals surface area contributed by atoms with Crippen LogP contribution in [0.3, 0.4) is 0 Å². The third kappa shape index (κ3) is 4.29. The van der Waals surface area contributed by atoms with Gasteiger partial charge in [0.1, 0.15) is 0 Å². The van der Waals surface area contributed by atoms with Gasteiger partial charge in [-0.25, -0.2) is 0 Å². The molecule has 0 aromatic rings. The topological polar surface area (TPSA) is 81.7 Å². The van der Waals surface area contributed by atoms with Crippen LogP contribution < -0.4 is 5.32 Å². The zero-order valence-corrected chi connectivity index (χ0v) is 9.74. The van der Waals surface area contributed by atoms with Gasteiger partial charge >= 0.3 is 11.9 Å². The average Bonchev–Trinajstić information content (AvgIpc) is 2.29. The van der Waals surface area contributed by atoms with Gasteiger partial charge in [-0.1, -0.05) is 13.3 Å². The minimum absolute atomic E-state index is 0.416. The molecule has 0 aliphatic carbocycles. The van der Waals surface area contributed by atoms with E-state index >= 15 is 0 Å². The molecule has 0 atom stereocenters. The third-order valence-electron chi connectivity index (χ3n) is 1.97. The predicted molar refractivity (Wildman–Crippen MR) is 55.4 cm³/mol. The Kier molecular flexibility index (Phi) is 6.91.